The van der Waals surface area contributed by atoms with E-state index >= 15 is 0 Å². The maximum Gasteiger partial charge on any atom is 0.333 e. The minimum atomic E-state index is -0.421. The molecule has 0 spiro atoms. The molecule has 0 unspecified atom stereocenters. The van der Waals surface area contributed by atoms with Gasteiger partial charge >= 0.3 is 17.9 Å². The Kier molecular flexibility index (Phi) is 39.2. The zero-order chi connectivity index (χ0) is 31.4. The van der Waals surface area contributed by atoms with Gasteiger partial charge in [-0.2, -0.15) is 0 Å². The molecule has 0 bridgehead atoms. The number of rotatable bonds is 25. The van der Waals surface area contributed by atoms with Crippen molar-refractivity contribution in [3.8, 4) is 0 Å². The molecule has 0 aliphatic rings. The van der Waals surface area contributed by atoms with Crippen molar-refractivity contribution >= 4 is 17.9 Å². The molecule has 0 amide bonds. The zero-order valence-electron chi connectivity index (χ0n) is 26.1. The number of esters is 3. The fourth-order valence-corrected chi connectivity index (χ4v) is 2.45. The highest BCUT2D eigenvalue weighted by Crippen LogP contribution is 2.02. The molecule has 0 fully saturated rings. The Hall–Kier alpha value is -2.53. The first kappa shape index (κ1) is 42.9. The Bertz CT molecular complexity index is 649. The fourth-order valence-electron chi connectivity index (χ4n) is 2.45. The molecule has 0 rings (SSSR count). The summed E-state index contributed by atoms with van der Waals surface area (Å²) < 4.78 is 35.0. The van der Waals surface area contributed by atoms with E-state index in [1.807, 2.05) is 0 Å². The highest BCUT2D eigenvalue weighted by atomic mass is 16.6. The largest absolute Gasteiger partial charge is 0.463 e. The van der Waals surface area contributed by atoms with Crippen LogP contribution < -0.4 is 0 Å². The maximum absolute atomic E-state index is 10.9. The monoisotopic (exact) mass is 588 g/mol. The second-order valence-corrected chi connectivity index (χ2v) is 8.52. The summed E-state index contributed by atoms with van der Waals surface area (Å²) in [6.45, 7) is 23.6. The van der Waals surface area contributed by atoms with Crippen molar-refractivity contribution in [2.75, 3.05) is 72.7 Å². The van der Waals surface area contributed by atoms with E-state index in [1.165, 1.54) is 25.3 Å². The van der Waals surface area contributed by atoms with Crippen molar-refractivity contribution in [3.05, 3.63) is 37.5 Å². The highest BCUT2D eigenvalue weighted by molar-refractivity contribution is 5.86. The summed E-state index contributed by atoms with van der Waals surface area (Å²) in [6, 6.07) is 0. The molecule has 240 valence electrons. The topological polar surface area (TPSA) is 116 Å². The lowest BCUT2D eigenvalue weighted by atomic mass is 10.2. The lowest BCUT2D eigenvalue weighted by Crippen LogP contribution is -2.13. The van der Waals surface area contributed by atoms with Gasteiger partial charge in [-0.25, -0.2) is 14.4 Å². The second-order valence-electron chi connectivity index (χ2n) is 8.52. The Labute approximate surface area is 248 Å². The van der Waals surface area contributed by atoms with Gasteiger partial charge in [0.15, 0.2) is 0 Å². The summed E-state index contributed by atoms with van der Waals surface area (Å²) in [5.74, 6) is -1.11. The van der Waals surface area contributed by atoms with Crippen LogP contribution in [0.1, 0.15) is 72.6 Å². The summed E-state index contributed by atoms with van der Waals surface area (Å²) in [6.07, 6.45) is 10.2. The van der Waals surface area contributed by atoms with Crippen LogP contribution in [0.5, 0.6) is 0 Å². The van der Waals surface area contributed by atoms with Crippen LogP contribution in [0, 0.1) is 0 Å². The lowest BCUT2D eigenvalue weighted by Gasteiger charge is -2.06. The van der Waals surface area contributed by atoms with Crippen LogP contribution in [0.4, 0.5) is 0 Å². The van der Waals surface area contributed by atoms with Gasteiger partial charge in [-0.05, 0) is 26.2 Å². The fraction of sp³-hybridized carbons (Fsp3) is 0.710. The van der Waals surface area contributed by atoms with Crippen LogP contribution in [0.2, 0.25) is 0 Å². The number of carbonyl (C=O) groups excluding carboxylic acids is 3. The van der Waals surface area contributed by atoms with Gasteiger partial charge in [0.05, 0.1) is 46.2 Å². The van der Waals surface area contributed by atoms with Crippen LogP contribution in [0.25, 0.3) is 0 Å². The van der Waals surface area contributed by atoms with E-state index < -0.39 is 5.97 Å². The van der Waals surface area contributed by atoms with Crippen molar-refractivity contribution in [1.29, 1.82) is 0 Å². The zero-order valence-corrected chi connectivity index (χ0v) is 26.1. The average Bonchev–Trinajstić information content (AvgIpc) is 2.97. The summed E-state index contributed by atoms with van der Waals surface area (Å²) in [5, 5.41) is 0. The molecule has 0 aromatic rings. The molecule has 10 heteroatoms. The minimum absolute atomic E-state index is 0.263. The number of hydrogen-bond donors (Lipinski definition) is 0. The van der Waals surface area contributed by atoms with Crippen LogP contribution in [0.15, 0.2) is 37.5 Å². The molecule has 0 saturated carbocycles. The van der Waals surface area contributed by atoms with Crippen molar-refractivity contribution in [2.45, 2.75) is 72.6 Å². The van der Waals surface area contributed by atoms with Gasteiger partial charge in [0.2, 0.25) is 0 Å². The maximum atomic E-state index is 10.9. The quantitative estimate of drug-likeness (QED) is 0.0594. The number of ether oxygens (including phenoxy) is 7. The molecule has 0 aliphatic carbocycles. The van der Waals surface area contributed by atoms with E-state index in [0.717, 1.165) is 45.0 Å². The molecule has 0 aromatic carbocycles. The van der Waals surface area contributed by atoms with E-state index in [1.54, 1.807) is 6.92 Å². The van der Waals surface area contributed by atoms with Gasteiger partial charge in [0.25, 0.3) is 0 Å². The molecular formula is C31H56O10. The van der Waals surface area contributed by atoms with Crippen molar-refractivity contribution in [3.63, 3.8) is 0 Å². The van der Waals surface area contributed by atoms with Gasteiger partial charge in [0, 0.05) is 30.9 Å². The second kappa shape index (κ2) is 37.5. The van der Waals surface area contributed by atoms with Crippen molar-refractivity contribution < 1.29 is 47.5 Å². The van der Waals surface area contributed by atoms with E-state index in [0.29, 0.717) is 51.8 Å². The summed E-state index contributed by atoms with van der Waals surface area (Å²) >= 11 is 0. The lowest BCUT2D eigenvalue weighted by molar-refractivity contribution is -0.141. The smallest absolute Gasteiger partial charge is 0.333 e. The van der Waals surface area contributed by atoms with Gasteiger partial charge < -0.3 is 33.2 Å². The molecule has 41 heavy (non-hydrogen) atoms. The molecule has 0 aromatic heterocycles. The third kappa shape index (κ3) is 42.1. The van der Waals surface area contributed by atoms with E-state index in [-0.39, 0.29) is 25.2 Å². The van der Waals surface area contributed by atoms with Gasteiger partial charge in [-0.3, -0.25) is 0 Å². The first-order valence-corrected chi connectivity index (χ1v) is 14.5. The van der Waals surface area contributed by atoms with Gasteiger partial charge in [0.1, 0.15) is 13.2 Å². The van der Waals surface area contributed by atoms with E-state index in [9.17, 15) is 14.4 Å². The standard InChI is InChI=1S/C11H20O4.C10H18O4.C10H18O2/c1-4-5-13-6-7-14-8-9-15-11(12)10(2)3;1-3-5-12-6-7-13-8-9-14-10(11)4-2;1-3-5-6-7-8-9-12-10(11)4-2/h2,4-9H2,1,3H3;4H,2-3,5-9H2,1H3;4H,2-3,5-9H2,1H3. The predicted molar refractivity (Wildman–Crippen MR) is 161 cm³/mol. The number of hydrogen-bond acceptors (Lipinski definition) is 10. The SMILES string of the molecule is C=C(C)C(=O)OCCOCCOCCC.C=CC(=O)OCCCCCCC.C=CC(=O)OCCOCCOCCC. The summed E-state index contributed by atoms with van der Waals surface area (Å²) in [4.78, 5) is 32.0. The Balaban J connectivity index is -0.000000532. The number of unbranched alkanes of at least 4 members (excludes halogenated alkanes) is 4. The van der Waals surface area contributed by atoms with Crippen molar-refractivity contribution in [1.82, 2.24) is 0 Å². The van der Waals surface area contributed by atoms with Crippen molar-refractivity contribution in [2.24, 2.45) is 0 Å². The van der Waals surface area contributed by atoms with Crippen LogP contribution in [-0.2, 0) is 47.5 Å². The first-order chi connectivity index (χ1) is 19.8. The summed E-state index contributed by atoms with van der Waals surface area (Å²) in [7, 11) is 0. The molecule has 0 N–H and O–H groups in total. The predicted octanol–water partition coefficient (Wildman–Crippen LogP) is 5.39. The van der Waals surface area contributed by atoms with Gasteiger partial charge in [-0.15, -0.1) is 0 Å². The third-order valence-electron chi connectivity index (χ3n) is 4.55. The molecular weight excluding hydrogens is 532 g/mol. The molecule has 0 saturated heterocycles. The Morgan fingerprint density at radius 1 is 0.512 bits per heavy atom. The average molecular weight is 589 g/mol. The highest BCUT2D eigenvalue weighted by Gasteiger charge is 2.01. The van der Waals surface area contributed by atoms with Crippen LogP contribution in [0.3, 0.4) is 0 Å². The van der Waals surface area contributed by atoms with Gasteiger partial charge in [-0.1, -0.05) is 66.2 Å². The first-order valence-electron chi connectivity index (χ1n) is 14.5. The molecule has 10 nitrogen and oxygen atoms in total. The minimum Gasteiger partial charge on any atom is -0.463 e. The normalized spacial score (nSPS) is 9.76. The van der Waals surface area contributed by atoms with E-state index in [2.05, 4.69) is 40.5 Å². The Morgan fingerprint density at radius 3 is 1.32 bits per heavy atom. The molecule has 0 heterocycles. The number of carbonyl (C=O) groups is 3. The van der Waals surface area contributed by atoms with E-state index in [4.69, 9.17) is 33.2 Å². The molecule has 0 aliphatic heterocycles. The summed E-state index contributed by atoms with van der Waals surface area (Å²) in [5.41, 5.74) is 0.404. The third-order valence-corrected chi connectivity index (χ3v) is 4.55. The van der Waals surface area contributed by atoms with Crippen LogP contribution >= 0.6 is 0 Å². The molecule has 0 atom stereocenters. The Morgan fingerprint density at radius 2 is 0.902 bits per heavy atom. The van der Waals surface area contributed by atoms with Crippen LogP contribution in [-0.4, -0.2) is 90.6 Å². The molecule has 0 radical (unpaired) electrons.